The van der Waals surface area contributed by atoms with Crippen LogP contribution in [-0.4, -0.2) is 41.6 Å². The van der Waals surface area contributed by atoms with Gasteiger partial charge in [0.25, 0.3) is 0 Å². The van der Waals surface area contributed by atoms with E-state index in [1.165, 1.54) is 0 Å². The molecule has 0 aliphatic carbocycles. The predicted octanol–water partition coefficient (Wildman–Crippen LogP) is 1.83. The summed E-state index contributed by atoms with van der Waals surface area (Å²) in [7, 11) is 0. The molecule has 2 unspecified atom stereocenters. The van der Waals surface area contributed by atoms with Crippen LogP contribution in [0.15, 0.2) is 29.2 Å². The number of hydrogen-bond donors (Lipinski definition) is 2. The number of amides is 2. The Morgan fingerprint density at radius 2 is 2.25 bits per heavy atom. The highest BCUT2D eigenvalue weighted by Gasteiger charge is 2.30. The molecule has 24 heavy (non-hydrogen) atoms. The summed E-state index contributed by atoms with van der Waals surface area (Å²) in [6.07, 6.45) is 1.58. The summed E-state index contributed by atoms with van der Waals surface area (Å²) in [6, 6.07) is 9.37. The normalized spacial score (nSPS) is 18.8. The van der Waals surface area contributed by atoms with Gasteiger partial charge >= 0.3 is 0 Å². The number of likely N-dealkylation sites (tertiary alicyclic amines) is 1. The molecule has 1 aromatic rings. The van der Waals surface area contributed by atoms with Crippen LogP contribution in [-0.2, 0) is 9.59 Å². The molecule has 1 aromatic carbocycles. The Labute approximate surface area is 146 Å². The molecule has 1 aliphatic heterocycles. The average molecular weight is 346 g/mol. The van der Waals surface area contributed by atoms with Gasteiger partial charge in [-0.1, -0.05) is 12.1 Å². The van der Waals surface area contributed by atoms with Gasteiger partial charge in [0.1, 0.15) is 0 Å². The van der Waals surface area contributed by atoms with Crippen LogP contribution in [0.4, 0.5) is 5.69 Å². The molecule has 2 rings (SSSR count). The Kier molecular flexibility index (Phi) is 6.64. The molecule has 2 amide bonds. The summed E-state index contributed by atoms with van der Waals surface area (Å²) >= 11 is 1.54. The van der Waals surface area contributed by atoms with Crippen LogP contribution in [0.3, 0.4) is 0 Å². The molecule has 2 atom stereocenters. The Morgan fingerprint density at radius 3 is 2.96 bits per heavy atom. The molecule has 0 bridgehead atoms. The van der Waals surface area contributed by atoms with Gasteiger partial charge in [0.05, 0.1) is 30.3 Å². The lowest BCUT2D eigenvalue weighted by atomic mass is 10.2. The number of carbonyl (C=O) groups is 2. The number of hydrogen-bond acceptors (Lipinski definition) is 5. The molecule has 6 nitrogen and oxygen atoms in total. The molecule has 1 saturated heterocycles. The number of thioether (sulfide) groups is 1. The second-order valence-electron chi connectivity index (χ2n) is 5.92. The summed E-state index contributed by atoms with van der Waals surface area (Å²) in [6.45, 7) is 2.73. The maximum Gasteiger partial charge on any atom is 0.238 e. The van der Waals surface area contributed by atoms with Crippen LogP contribution in [0.1, 0.15) is 19.8 Å². The molecular weight excluding hydrogens is 324 g/mol. The van der Waals surface area contributed by atoms with E-state index in [1.54, 1.807) is 11.8 Å². The van der Waals surface area contributed by atoms with E-state index >= 15 is 0 Å². The fourth-order valence-electron chi connectivity index (χ4n) is 2.66. The van der Waals surface area contributed by atoms with Crippen LogP contribution in [0.5, 0.6) is 0 Å². The predicted molar refractivity (Wildman–Crippen MR) is 94.4 cm³/mol. The molecule has 0 radical (unpaired) electrons. The molecule has 0 saturated carbocycles. The van der Waals surface area contributed by atoms with Gasteiger partial charge in [-0.2, -0.15) is 5.26 Å². The number of para-hydroxylation sites is 1. The minimum absolute atomic E-state index is 0.0558. The van der Waals surface area contributed by atoms with E-state index in [9.17, 15) is 9.59 Å². The van der Waals surface area contributed by atoms with Gasteiger partial charge in [-0.25, -0.2) is 0 Å². The van der Waals surface area contributed by atoms with Gasteiger partial charge in [-0.3, -0.25) is 14.5 Å². The molecule has 1 heterocycles. The van der Waals surface area contributed by atoms with Crippen molar-refractivity contribution in [2.24, 2.45) is 11.7 Å². The van der Waals surface area contributed by atoms with Crippen molar-refractivity contribution in [3.05, 3.63) is 24.3 Å². The van der Waals surface area contributed by atoms with E-state index in [-0.39, 0.29) is 30.3 Å². The van der Waals surface area contributed by atoms with E-state index < -0.39 is 0 Å². The zero-order valence-electron chi connectivity index (χ0n) is 13.7. The lowest BCUT2D eigenvalue weighted by molar-refractivity contribution is -0.123. The highest BCUT2D eigenvalue weighted by atomic mass is 32.2. The Hall–Kier alpha value is -2.04. The van der Waals surface area contributed by atoms with Crippen molar-refractivity contribution in [3.8, 4) is 6.07 Å². The number of carbonyl (C=O) groups excluding carboxylic acids is 2. The van der Waals surface area contributed by atoms with Gasteiger partial charge in [0.15, 0.2) is 0 Å². The average Bonchev–Trinajstić information content (AvgIpc) is 3.01. The highest BCUT2D eigenvalue weighted by molar-refractivity contribution is 7.99. The third kappa shape index (κ3) is 4.98. The molecular formula is C17H22N4O2S. The van der Waals surface area contributed by atoms with Crippen molar-refractivity contribution >= 4 is 29.3 Å². The van der Waals surface area contributed by atoms with Gasteiger partial charge in [0, 0.05) is 10.6 Å². The number of nitrogens with one attached hydrogen (secondary N) is 1. The number of anilines is 1. The van der Waals surface area contributed by atoms with Crippen molar-refractivity contribution in [1.29, 1.82) is 5.26 Å². The van der Waals surface area contributed by atoms with E-state index in [2.05, 4.69) is 11.4 Å². The third-order valence-electron chi connectivity index (χ3n) is 3.91. The topological polar surface area (TPSA) is 99.2 Å². The first kappa shape index (κ1) is 18.3. The summed E-state index contributed by atoms with van der Waals surface area (Å²) in [4.78, 5) is 26.5. The van der Waals surface area contributed by atoms with Crippen molar-refractivity contribution in [2.45, 2.75) is 30.7 Å². The SMILES string of the molecule is CC(C#N)CSc1ccccc1NC(=O)CN1CCCC1C(N)=O. The van der Waals surface area contributed by atoms with E-state index in [4.69, 9.17) is 11.0 Å². The summed E-state index contributed by atoms with van der Waals surface area (Å²) in [5.74, 6) is 0.0742. The van der Waals surface area contributed by atoms with Crippen LogP contribution in [0.25, 0.3) is 0 Å². The second kappa shape index (κ2) is 8.71. The number of rotatable bonds is 7. The van der Waals surface area contributed by atoms with E-state index in [0.29, 0.717) is 18.7 Å². The van der Waals surface area contributed by atoms with E-state index in [0.717, 1.165) is 17.0 Å². The quantitative estimate of drug-likeness (QED) is 0.734. The third-order valence-corrected chi connectivity index (χ3v) is 5.24. The maximum atomic E-state index is 12.3. The van der Waals surface area contributed by atoms with Crippen LogP contribution >= 0.6 is 11.8 Å². The van der Waals surface area contributed by atoms with Crippen molar-refractivity contribution in [2.75, 3.05) is 24.2 Å². The summed E-state index contributed by atoms with van der Waals surface area (Å²) in [5, 5.41) is 11.8. The molecule has 0 aromatic heterocycles. The molecule has 128 valence electrons. The molecule has 0 spiro atoms. The fourth-order valence-corrected chi connectivity index (χ4v) is 3.61. The van der Waals surface area contributed by atoms with Crippen LogP contribution in [0.2, 0.25) is 0 Å². The zero-order chi connectivity index (χ0) is 17.5. The summed E-state index contributed by atoms with van der Waals surface area (Å²) in [5.41, 5.74) is 6.11. The van der Waals surface area contributed by atoms with Crippen molar-refractivity contribution in [1.82, 2.24) is 4.90 Å². The number of benzene rings is 1. The number of nitrogens with two attached hydrogens (primary N) is 1. The molecule has 7 heteroatoms. The van der Waals surface area contributed by atoms with Gasteiger partial charge in [-0.05, 0) is 38.4 Å². The van der Waals surface area contributed by atoms with Gasteiger partial charge < -0.3 is 11.1 Å². The number of nitrogens with zero attached hydrogens (tertiary/aromatic N) is 2. The van der Waals surface area contributed by atoms with Gasteiger partial charge in [-0.15, -0.1) is 11.8 Å². The second-order valence-corrected chi connectivity index (χ2v) is 6.98. The number of primary amides is 1. The van der Waals surface area contributed by atoms with Crippen molar-refractivity contribution in [3.63, 3.8) is 0 Å². The molecule has 3 N–H and O–H groups in total. The fraction of sp³-hybridized carbons (Fsp3) is 0.471. The first-order chi connectivity index (χ1) is 11.5. The Morgan fingerprint density at radius 1 is 1.50 bits per heavy atom. The summed E-state index contributed by atoms with van der Waals surface area (Å²) < 4.78 is 0. The molecule has 1 aliphatic rings. The smallest absolute Gasteiger partial charge is 0.238 e. The largest absolute Gasteiger partial charge is 0.368 e. The van der Waals surface area contributed by atoms with E-state index in [1.807, 2.05) is 36.1 Å². The zero-order valence-corrected chi connectivity index (χ0v) is 14.5. The Bertz CT molecular complexity index is 644. The lowest BCUT2D eigenvalue weighted by Crippen LogP contribution is -2.43. The molecule has 1 fully saturated rings. The first-order valence-electron chi connectivity index (χ1n) is 7.96. The van der Waals surface area contributed by atoms with Crippen LogP contribution in [0, 0.1) is 17.2 Å². The number of nitriles is 1. The standard InChI is InChI=1S/C17H22N4O2S/c1-12(9-18)11-24-15-7-3-2-5-13(15)20-16(22)10-21-8-4-6-14(21)17(19)23/h2-3,5,7,12,14H,4,6,8,10-11H2,1H3,(H2,19,23)(H,20,22). The van der Waals surface area contributed by atoms with Gasteiger partial charge in [0.2, 0.25) is 11.8 Å². The first-order valence-corrected chi connectivity index (χ1v) is 8.94. The highest BCUT2D eigenvalue weighted by Crippen LogP contribution is 2.28. The monoisotopic (exact) mass is 346 g/mol. The van der Waals surface area contributed by atoms with Crippen LogP contribution < -0.4 is 11.1 Å². The minimum atomic E-state index is -0.373. The Balaban J connectivity index is 1.96. The minimum Gasteiger partial charge on any atom is -0.368 e. The lowest BCUT2D eigenvalue weighted by Gasteiger charge is -2.21. The maximum absolute atomic E-state index is 12.3. The van der Waals surface area contributed by atoms with Crippen molar-refractivity contribution < 1.29 is 9.59 Å².